The van der Waals surface area contributed by atoms with Crippen LogP contribution in [0.5, 0.6) is 0 Å². The van der Waals surface area contributed by atoms with E-state index in [0.29, 0.717) is 0 Å². The predicted octanol–water partition coefficient (Wildman–Crippen LogP) is 0.788. The summed E-state index contributed by atoms with van der Waals surface area (Å²) in [5.41, 5.74) is 0. The molecule has 0 fully saturated rings. The first kappa shape index (κ1) is 13.3. The molecule has 0 spiro atoms. The standard InChI is InChI=1S/C8H14N2O5/c1-5(14-7(3)11)10(9-13)6(2)15-8(4)12/h5-6H,1-4H3. The van der Waals surface area contributed by atoms with Gasteiger partial charge in [-0.05, 0) is 13.8 Å². The Bertz CT molecular complexity index is 233. The Balaban J connectivity index is 4.39. The number of carbonyl (C=O) groups is 2. The Labute approximate surface area is 87.3 Å². The molecule has 7 nitrogen and oxygen atoms in total. The largest absolute Gasteiger partial charge is 0.440 e. The summed E-state index contributed by atoms with van der Waals surface area (Å²) in [4.78, 5) is 31.7. The minimum atomic E-state index is -0.880. The van der Waals surface area contributed by atoms with Crippen LogP contribution < -0.4 is 0 Å². The number of esters is 2. The minimum absolute atomic E-state index is 0.550. The SMILES string of the molecule is CC(=O)OC(C)N(N=O)C(C)OC(C)=O. The highest BCUT2D eigenvalue weighted by Gasteiger charge is 2.23. The van der Waals surface area contributed by atoms with Gasteiger partial charge in [0, 0.05) is 13.8 Å². The maximum absolute atomic E-state index is 10.6. The van der Waals surface area contributed by atoms with Crippen LogP contribution in [0.15, 0.2) is 5.29 Å². The molecule has 0 aromatic carbocycles. The summed E-state index contributed by atoms with van der Waals surface area (Å²) >= 11 is 0. The van der Waals surface area contributed by atoms with E-state index >= 15 is 0 Å². The number of hydrogen-bond acceptors (Lipinski definition) is 6. The van der Waals surface area contributed by atoms with Crippen LogP contribution in [0.3, 0.4) is 0 Å². The molecule has 0 aliphatic rings. The van der Waals surface area contributed by atoms with Gasteiger partial charge in [-0.2, -0.15) is 5.01 Å². The van der Waals surface area contributed by atoms with Gasteiger partial charge in [-0.15, -0.1) is 4.91 Å². The molecule has 0 radical (unpaired) electrons. The van der Waals surface area contributed by atoms with Crippen molar-refractivity contribution >= 4 is 11.9 Å². The molecule has 0 aliphatic carbocycles. The van der Waals surface area contributed by atoms with Crippen LogP contribution >= 0.6 is 0 Å². The van der Waals surface area contributed by atoms with Gasteiger partial charge in [-0.25, -0.2) is 0 Å². The van der Waals surface area contributed by atoms with Gasteiger partial charge in [0.25, 0.3) is 0 Å². The van der Waals surface area contributed by atoms with Crippen molar-refractivity contribution in [2.45, 2.75) is 40.2 Å². The van der Waals surface area contributed by atoms with Crippen LogP contribution in [-0.4, -0.2) is 29.4 Å². The first-order chi connectivity index (χ1) is 6.88. The molecule has 2 unspecified atom stereocenters. The summed E-state index contributed by atoms with van der Waals surface area (Å²) in [6.07, 6.45) is -1.76. The highest BCUT2D eigenvalue weighted by Crippen LogP contribution is 2.09. The van der Waals surface area contributed by atoms with E-state index in [4.69, 9.17) is 9.47 Å². The van der Waals surface area contributed by atoms with Crippen molar-refractivity contribution in [1.29, 1.82) is 0 Å². The second-order valence-electron chi connectivity index (χ2n) is 2.88. The van der Waals surface area contributed by atoms with Gasteiger partial charge in [0.15, 0.2) is 12.5 Å². The van der Waals surface area contributed by atoms with Crippen molar-refractivity contribution in [3.05, 3.63) is 4.91 Å². The topological polar surface area (TPSA) is 85.3 Å². The van der Waals surface area contributed by atoms with E-state index < -0.39 is 24.4 Å². The fourth-order valence-electron chi connectivity index (χ4n) is 1.02. The van der Waals surface area contributed by atoms with E-state index in [2.05, 4.69) is 5.29 Å². The van der Waals surface area contributed by atoms with E-state index in [-0.39, 0.29) is 0 Å². The maximum atomic E-state index is 10.6. The minimum Gasteiger partial charge on any atom is -0.440 e. The lowest BCUT2D eigenvalue weighted by atomic mass is 10.5. The molecule has 86 valence electrons. The highest BCUT2D eigenvalue weighted by atomic mass is 16.6. The van der Waals surface area contributed by atoms with Crippen LogP contribution in [0.4, 0.5) is 0 Å². The van der Waals surface area contributed by atoms with E-state index in [1.165, 1.54) is 27.7 Å². The van der Waals surface area contributed by atoms with Gasteiger partial charge in [0.2, 0.25) is 0 Å². The molecule has 0 bridgehead atoms. The quantitative estimate of drug-likeness (QED) is 0.293. The van der Waals surface area contributed by atoms with Crippen molar-refractivity contribution in [2.24, 2.45) is 5.29 Å². The normalized spacial score (nSPS) is 13.6. The zero-order valence-electron chi connectivity index (χ0n) is 9.09. The average Bonchev–Trinajstić information content (AvgIpc) is 2.01. The van der Waals surface area contributed by atoms with Crippen LogP contribution in [0.2, 0.25) is 0 Å². The van der Waals surface area contributed by atoms with E-state index in [9.17, 15) is 14.5 Å². The van der Waals surface area contributed by atoms with Gasteiger partial charge < -0.3 is 9.47 Å². The first-order valence-corrected chi connectivity index (χ1v) is 4.34. The van der Waals surface area contributed by atoms with Gasteiger partial charge in [0.1, 0.15) is 0 Å². The Morgan fingerprint density at radius 3 is 1.60 bits per heavy atom. The number of ether oxygens (including phenoxy) is 2. The lowest BCUT2D eigenvalue weighted by molar-refractivity contribution is -0.177. The molecule has 7 heteroatoms. The van der Waals surface area contributed by atoms with Gasteiger partial charge in [-0.3, -0.25) is 9.59 Å². The third kappa shape index (κ3) is 4.94. The van der Waals surface area contributed by atoms with E-state index in [1.807, 2.05) is 0 Å². The smallest absolute Gasteiger partial charge is 0.304 e. The monoisotopic (exact) mass is 218 g/mol. The zero-order valence-corrected chi connectivity index (χ0v) is 9.09. The van der Waals surface area contributed by atoms with Crippen molar-refractivity contribution in [3.8, 4) is 0 Å². The summed E-state index contributed by atoms with van der Waals surface area (Å²) in [6, 6.07) is 0. The van der Waals surface area contributed by atoms with Crippen LogP contribution in [0, 0.1) is 4.91 Å². The number of rotatable bonds is 5. The predicted molar refractivity (Wildman–Crippen MR) is 50.1 cm³/mol. The van der Waals surface area contributed by atoms with Gasteiger partial charge in [0.05, 0.1) is 5.29 Å². The maximum Gasteiger partial charge on any atom is 0.304 e. The summed E-state index contributed by atoms with van der Waals surface area (Å²) in [7, 11) is 0. The van der Waals surface area contributed by atoms with Crippen molar-refractivity contribution in [1.82, 2.24) is 5.01 Å². The van der Waals surface area contributed by atoms with Crippen molar-refractivity contribution in [2.75, 3.05) is 0 Å². The van der Waals surface area contributed by atoms with E-state index in [0.717, 1.165) is 5.01 Å². The Kier molecular flexibility index (Phi) is 5.29. The molecule has 0 aliphatic heterocycles. The molecular formula is C8H14N2O5. The average molecular weight is 218 g/mol. The van der Waals surface area contributed by atoms with Crippen LogP contribution in [0.25, 0.3) is 0 Å². The third-order valence-corrected chi connectivity index (χ3v) is 1.51. The Morgan fingerprint density at radius 1 is 1.07 bits per heavy atom. The molecule has 0 N–H and O–H groups in total. The van der Waals surface area contributed by atoms with Crippen LogP contribution in [-0.2, 0) is 19.1 Å². The van der Waals surface area contributed by atoms with Crippen molar-refractivity contribution in [3.63, 3.8) is 0 Å². The molecule has 0 aromatic rings. The molecule has 2 atom stereocenters. The fraction of sp³-hybridized carbons (Fsp3) is 0.750. The summed E-state index contributed by atoms with van der Waals surface area (Å²) < 4.78 is 9.42. The lowest BCUT2D eigenvalue weighted by Gasteiger charge is -2.27. The molecule has 0 amide bonds. The molecule has 0 rings (SSSR count). The lowest BCUT2D eigenvalue weighted by Crippen LogP contribution is -2.40. The van der Waals surface area contributed by atoms with E-state index in [1.54, 1.807) is 0 Å². The third-order valence-electron chi connectivity index (χ3n) is 1.51. The molecule has 15 heavy (non-hydrogen) atoms. The zero-order chi connectivity index (χ0) is 12.0. The van der Waals surface area contributed by atoms with Gasteiger partial charge >= 0.3 is 11.9 Å². The summed E-state index contributed by atoms with van der Waals surface area (Å²) in [5, 5.41) is 3.46. The number of nitrogens with zero attached hydrogens (tertiary/aromatic N) is 2. The molecule has 0 heterocycles. The molecule has 0 aromatic heterocycles. The first-order valence-electron chi connectivity index (χ1n) is 4.34. The molecule has 0 saturated heterocycles. The number of hydrogen-bond donors (Lipinski definition) is 0. The summed E-state index contributed by atoms with van der Waals surface area (Å²) in [6.45, 7) is 5.30. The highest BCUT2D eigenvalue weighted by molar-refractivity contribution is 5.66. The second-order valence-corrected chi connectivity index (χ2v) is 2.88. The van der Waals surface area contributed by atoms with Gasteiger partial charge in [-0.1, -0.05) is 0 Å². The second kappa shape index (κ2) is 5.94. The Morgan fingerprint density at radius 2 is 1.40 bits per heavy atom. The molecule has 0 saturated carbocycles. The summed E-state index contributed by atoms with van der Waals surface area (Å²) in [5.74, 6) is -1.10. The van der Waals surface area contributed by atoms with Crippen LogP contribution in [0.1, 0.15) is 27.7 Å². The number of carbonyl (C=O) groups excluding carboxylic acids is 2. The van der Waals surface area contributed by atoms with Crippen molar-refractivity contribution < 1.29 is 19.1 Å². The molecular weight excluding hydrogens is 204 g/mol. The number of nitroso groups, excluding NO2 is 1. The Hall–Kier alpha value is -1.66. The fourth-order valence-corrected chi connectivity index (χ4v) is 1.02.